The highest BCUT2D eigenvalue weighted by Gasteiger charge is 2.32. The summed E-state index contributed by atoms with van der Waals surface area (Å²) in [7, 11) is 1.38. The van der Waals surface area contributed by atoms with Crippen LogP contribution in [0.15, 0.2) is 18.2 Å². The second-order valence-electron chi connectivity index (χ2n) is 6.83. The van der Waals surface area contributed by atoms with Crippen LogP contribution in [0.2, 0.25) is 5.02 Å². The fraction of sp³-hybridized carbons (Fsp3) is 0.500. The van der Waals surface area contributed by atoms with Crippen molar-refractivity contribution < 1.29 is 28.6 Å². The number of esters is 1. The minimum atomic E-state index is -1.26. The lowest BCUT2D eigenvalue weighted by Crippen LogP contribution is -2.38. The molecule has 0 spiro atoms. The molecule has 2 atom stereocenters. The molecular weight excluding hydrogens is 411 g/mol. The number of alkyl halides is 1. The van der Waals surface area contributed by atoms with E-state index in [0.29, 0.717) is 0 Å². The van der Waals surface area contributed by atoms with Gasteiger partial charge in [0.2, 0.25) is 6.23 Å². The van der Waals surface area contributed by atoms with Gasteiger partial charge in [0.15, 0.2) is 5.56 Å². The summed E-state index contributed by atoms with van der Waals surface area (Å²) < 4.78 is 15.5. The maximum Gasteiger partial charge on any atom is 0.413 e. The Labute approximate surface area is 174 Å². The molecule has 0 saturated carbocycles. The molecule has 0 aliphatic carbocycles. The Kier molecular flexibility index (Phi) is 8.38. The number of nitrogens with zero attached hydrogens (tertiary/aromatic N) is 1. The lowest BCUT2D eigenvalue weighted by atomic mass is 10.1. The summed E-state index contributed by atoms with van der Waals surface area (Å²) in [5.41, 5.74) is -1.28. The zero-order valence-corrected chi connectivity index (χ0v) is 18.1. The summed E-state index contributed by atoms with van der Waals surface area (Å²) in [5.74, 6) is -0.664. The predicted octanol–water partition coefficient (Wildman–Crippen LogP) is 4.90. The normalized spacial score (nSPS) is 13.1. The molecule has 0 fully saturated rings. The molecule has 28 heavy (non-hydrogen) atoms. The Balaban J connectivity index is 3.32. The smallest absolute Gasteiger partial charge is 0.413 e. The van der Waals surface area contributed by atoms with Gasteiger partial charge in [0, 0.05) is 14.0 Å². The number of hydrogen-bond acceptors (Lipinski definition) is 6. The lowest BCUT2D eigenvalue weighted by molar-refractivity contribution is -0.155. The van der Waals surface area contributed by atoms with E-state index in [9.17, 15) is 14.4 Å². The first-order valence-electron chi connectivity index (χ1n) is 8.35. The molecule has 2 unspecified atom stereocenters. The van der Waals surface area contributed by atoms with Gasteiger partial charge in [-0.05, 0) is 39.8 Å². The summed E-state index contributed by atoms with van der Waals surface area (Å²) in [6, 6.07) is 4.61. The first kappa shape index (κ1) is 23.8. The van der Waals surface area contributed by atoms with Crippen LogP contribution in [0.3, 0.4) is 0 Å². The van der Waals surface area contributed by atoms with Crippen molar-refractivity contribution >= 4 is 47.0 Å². The Morgan fingerprint density at radius 2 is 1.79 bits per heavy atom. The highest BCUT2D eigenvalue weighted by molar-refractivity contribution is 6.32. The summed E-state index contributed by atoms with van der Waals surface area (Å²) in [6.07, 6.45) is -2.85. The minimum Gasteiger partial charge on any atom is -0.444 e. The van der Waals surface area contributed by atoms with Gasteiger partial charge < -0.3 is 14.2 Å². The van der Waals surface area contributed by atoms with Crippen LogP contribution in [-0.2, 0) is 19.0 Å². The fourth-order valence-electron chi connectivity index (χ4n) is 2.10. The third kappa shape index (κ3) is 7.44. The average Bonchev–Trinajstić information content (AvgIpc) is 2.50. The molecule has 1 rings (SSSR count). The van der Waals surface area contributed by atoms with Gasteiger partial charge in [0.05, 0.1) is 16.3 Å². The van der Waals surface area contributed by atoms with Crippen LogP contribution < -0.4 is 5.32 Å². The molecule has 0 aliphatic heterocycles. The van der Waals surface area contributed by atoms with E-state index in [4.69, 9.17) is 37.4 Å². The van der Waals surface area contributed by atoms with E-state index in [1.807, 2.05) is 0 Å². The molecule has 156 valence electrons. The molecule has 0 saturated heterocycles. The molecule has 2 amide bonds. The number of halogens is 2. The van der Waals surface area contributed by atoms with Gasteiger partial charge in [-0.2, -0.15) is 0 Å². The number of nitrogens with one attached hydrogen (secondary N) is 1. The molecule has 0 aromatic heterocycles. The Morgan fingerprint density at radius 1 is 1.18 bits per heavy atom. The Hall–Kier alpha value is -2.19. The summed E-state index contributed by atoms with van der Waals surface area (Å²) in [6.45, 7) is 7.75. The van der Waals surface area contributed by atoms with Crippen molar-refractivity contribution in [2.45, 2.75) is 52.0 Å². The molecule has 0 heterocycles. The van der Waals surface area contributed by atoms with E-state index in [-0.39, 0.29) is 16.3 Å². The van der Waals surface area contributed by atoms with Gasteiger partial charge in [-0.1, -0.05) is 29.3 Å². The number of carbonyl (C=O) groups is 3. The number of anilines is 1. The lowest BCUT2D eigenvalue weighted by Gasteiger charge is -2.31. The zero-order chi connectivity index (χ0) is 21.6. The number of benzene rings is 1. The van der Waals surface area contributed by atoms with Gasteiger partial charge in [0.25, 0.3) is 0 Å². The van der Waals surface area contributed by atoms with Crippen LogP contribution in [-0.4, -0.2) is 41.3 Å². The first-order chi connectivity index (χ1) is 12.8. The minimum absolute atomic E-state index is 0.151. The number of amides is 2. The molecule has 8 nitrogen and oxygen atoms in total. The van der Waals surface area contributed by atoms with Crippen molar-refractivity contribution in [1.29, 1.82) is 0 Å². The van der Waals surface area contributed by atoms with E-state index in [1.165, 1.54) is 33.0 Å². The van der Waals surface area contributed by atoms with Crippen LogP contribution in [0.5, 0.6) is 0 Å². The SMILES string of the molecule is CC(=O)OC(c1c(Cl)cccc1NC(=O)OC(C)Cl)N(C)C(=O)OC(C)(C)C. The highest BCUT2D eigenvalue weighted by atomic mass is 35.5. The molecule has 0 aliphatic rings. The maximum atomic E-state index is 12.5. The predicted molar refractivity (Wildman–Crippen MR) is 105 cm³/mol. The summed E-state index contributed by atoms with van der Waals surface area (Å²) in [5, 5.41) is 2.63. The van der Waals surface area contributed by atoms with Crippen molar-refractivity contribution in [3.8, 4) is 0 Å². The first-order valence-corrected chi connectivity index (χ1v) is 9.16. The molecule has 0 bridgehead atoms. The van der Waals surface area contributed by atoms with Gasteiger partial charge in [0.1, 0.15) is 5.60 Å². The van der Waals surface area contributed by atoms with Crippen LogP contribution in [0.1, 0.15) is 46.4 Å². The number of rotatable bonds is 5. The molecule has 0 radical (unpaired) electrons. The number of ether oxygens (including phenoxy) is 3. The summed E-state index contributed by atoms with van der Waals surface area (Å²) in [4.78, 5) is 37.2. The third-order valence-corrected chi connectivity index (χ3v) is 3.54. The van der Waals surface area contributed by atoms with E-state index in [0.717, 1.165) is 4.90 Å². The molecule has 1 aromatic rings. The monoisotopic (exact) mass is 434 g/mol. The number of carbonyl (C=O) groups excluding carboxylic acids is 3. The van der Waals surface area contributed by atoms with Crippen LogP contribution in [0, 0.1) is 0 Å². The fourth-order valence-corrected chi connectivity index (χ4v) is 2.45. The molecule has 1 aromatic carbocycles. The second-order valence-corrected chi connectivity index (χ2v) is 7.85. The third-order valence-electron chi connectivity index (χ3n) is 3.12. The number of hydrogen-bond donors (Lipinski definition) is 1. The van der Waals surface area contributed by atoms with Gasteiger partial charge in [-0.3, -0.25) is 15.0 Å². The van der Waals surface area contributed by atoms with E-state index >= 15 is 0 Å². The molecule has 1 N–H and O–H groups in total. The van der Waals surface area contributed by atoms with Crippen LogP contribution in [0.25, 0.3) is 0 Å². The topological polar surface area (TPSA) is 94.2 Å². The van der Waals surface area contributed by atoms with Gasteiger partial charge >= 0.3 is 18.2 Å². The van der Waals surface area contributed by atoms with Gasteiger partial charge in [-0.25, -0.2) is 9.59 Å². The van der Waals surface area contributed by atoms with Crippen molar-refractivity contribution in [1.82, 2.24) is 4.90 Å². The molecular formula is C18H24Cl2N2O6. The standard InChI is InChI=1S/C18H24Cl2N2O6/c1-10(19)26-16(24)21-13-9-7-8-12(20)14(13)15(27-11(2)23)22(6)17(25)28-18(3,4)5/h7-10,15H,1-6H3,(H,21,24). The summed E-state index contributed by atoms with van der Waals surface area (Å²) >= 11 is 11.9. The highest BCUT2D eigenvalue weighted by Crippen LogP contribution is 2.35. The zero-order valence-electron chi connectivity index (χ0n) is 16.5. The van der Waals surface area contributed by atoms with E-state index in [2.05, 4.69) is 5.32 Å². The maximum absolute atomic E-state index is 12.5. The quantitative estimate of drug-likeness (QED) is 0.306. The second kappa shape index (κ2) is 9.84. The van der Waals surface area contributed by atoms with Crippen molar-refractivity contribution in [3.05, 3.63) is 28.8 Å². The average molecular weight is 435 g/mol. The Bertz CT molecular complexity index is 733. The van der Waals surface area contributed by atoms with Gasteiger partial charge in [-0.15, -0.1) is 0 Å². The van der Waals surface area contributed by atoms with Crippen LogP contribution >= 0.6 is 23.2 Å². The van der Waals surface area contributed by atoms with Crippen LogP contribution in [0.4, 0.5) is 15.3 Å². The van der Waals surface area contributed by atoms with Crippen molar-refractivity contribution in [2.24, 2.45) is 0 Å². The molecule has 10 heteroatoms. The van der Waals surface area contributed by atoms with E-state index < -0.39 is 35.5 Å². The Morgan fingerprint density at radius 3 is 2.29 bits per heavy atom. The van der Waals surface area contributed by atoms with E-state index in [1.54, 1.807) is 26.8 Å². The van der Waals surface area contributed by atoms with Crippen molar-refractivity contribution in [3.63, 3.8) is 0 Å². The van der Waals surface area contributed by atoms with Crippen molar-refractivity contribution in [2.75, 3.05) is 12.4 Å². The largest absolute Gasteiger partial charge is 0.444 e.